The number of anilines is 2. The van der Waals surface area contributed by atoms with Crippen LogP contribution in [0.1, 0.15) is 29.4 Å². The van der Waals surface area contributed by atoms with E-state index in [4.69, 9.17) is 0 Å². The Morgan fingerprint density at radius 2 is 2.11 bits per heavy atom. The quantitative estimate of drug-likeness (QED) is 0.728. The number of rotatable bonds is 4. The van der Waals surface area contributed by atoms with Crippen molar-refractivity contribution in [2.75, 3.05) is 23.3 Å². The highest BCUT2D eigenvalue weighted by Gasteiger charge is 2.21. The third-order valence-corrected chi connectivity index (χ3v) is 5.36. The van der Waals surface area contributed by atoms with Crippen LogP contribution in [0.25, 0.3) is 5.57 Å². The van der Waals surface area contributed by atoms with Crippen molar-refractivity contribution < 1.29 is 9.18 Å². The van der Waals surface area contributed by atoms with Gasteiger partial charge in [0.25, 0.3) is 5.91 Å². The lowest BCUT2D eigenvalue weighted by molar-refractivity contribution is 0.102. The number of halogens is 1. The van der Waals surface area contributed by atoms with Crippen LogP contribution < -0.4 is 10.2 Å². The van der Waals surface area contributed by atoms with Gasteiger partial charge in [0.2, 0.25) is 0 Å². The molecule has 0 radical (unpaired) electrons. The van der Waals surface area contributed by atoms with Gasteiger partial charge in [0.1, 0.15) is 0 Å². The minimum atomic E-state index is -0.685. The lowest BCUT2D eigenvalue weighted by Gasteiger charge is -2.29. The molecule has 7 nitrogen and oxygen atoms in total. The van der Waals surface area contributed by atoms with E-state index >= 15 is 0 Å². The van der Waals surface area contributed by atoms with Crippen molar-refractivity contribution >= 4 is 33.8 Å². The molecular weight excluding hydrogens is 379 g/mol. The molecule has 1 N–H and O–H groups in total. The van der Waals surface area contributed by atoms with Gasteiger partial charge in [-0.2, -0.15) is 0 Å². The summed E-state index contributed by atoms with van der Waals surface area (Å²) in [5.41, 5.74) is 3.03. The van der Waals surface area contributed by atoms with Crippen LogP contribution in [0.15, 0.2) is 48.0 Å². The van der Waals surface area contributed by atoms with Crippen molar-refractivity contribution in [1.29, 1.82) is 0 Å². The van der Waals surface area contributed by atoms with Crippen molar-refractivity contribution in [3.63, 3.8) is 0 Å². The lowest BCUT2D eigenvalue weighted by atomic mass is 9.99. The highest BCUT2D eigenvalue weighted by atomic mass is 32.1. The predicted octanol–water partition coefficient (Wildman–Crippen LogP) is 3.40. The minimum absolute atomic E-state index is 0.0919. The van der Waals surface area contributed by atoms with Crippen molar-refractivity contribution in [3.05, 3.63) is 65.1 Å². The largest absolute Gasteiger partial charge is 0.343 e. The molecule has 142 valence electrons. The molecule has 3 aromatic rings. The number of pyridine rings is 1. The molecule has 1 amide bonds. The van der Waals surface area contributed by atoms with Crippen LogP contribution >= 0.6 is 11.3 Å². The number of aromatic nitrogens is 4. The summed E-state index contributed by atoms with van der Waals surface area (Å²) in [4.78, 5) is 31.1. The molecule has 0 fully saturated rings. The van der Waals surface area contributed by atoms with Gasteiger partial charge in [-0.1, -0.05) is 5.57 Å². The molecular formula is C19H17FN6OS. The minimum Gasteiger partial charge on any atom is -0.343 e. The summed E-state index contributed by atoms with van der Waals surface area (Å²) in [6.45, 7) is 3.72. The fraction of sp³-hybridized carbons (Fsp3) is 0.211. The van der Waals surface area contributed by atoms with E-state index in [2.05, 4.69) is 37.1 Å². The van der Waals surface area contributed by atoms with Gasteiger partial charge >= 0.3 is 0 Å². The second kappa shape index (κ2) is 7.81. The monoisotopic (exact) mass is 396 g/mol. The molecule has 0 aliphatic carbocycles. The van der Waals surface area contributed by atoms with Crippen LogP contribution in [0.3, 0.4) is 0 Å². The Hall–Kier alpha value is -3.20. The number of carbonyl (C=O) groups is 1. The molecule has 0 saturated carbocycles. The second-order valence-electron chi connectivity index (χ2n) is 6.34. The topological polar surface area (TPSA) is 83.9 Å². The molecule has 0 bridgehead atoms. The Morgan fingerprint density at radius 1 is 1.21 bits per heavy atom. The van der Waals surface area contributed by atoms with Crippen molar-refractivity contribution in [1.82, 2.24) is 19.9 Å². The average Bonchev–Trinajstić information content (AvgIpc) is 3.24. The Labute approximate surface area is 165 Å². The van der Waals surface area contributed by atoms with E-state index in [-0.39, 0.29) is 11.4 Å². The maximum absolute atomic E-state index is 13.7. The summed E-state index contributed by atoms with van der Waals surface area (Å²) >= 11 is 1.61. The molecule has 9 heteroatoms. The SMILES string of the molecule is CC1=C(c2cnc(NC(=O)c3ccncc3F)cn2)CN(c2nccs2)CC1. The zero-order valence-corrected chi connectivity index (χ0v) is 15.9. The molecule has 0 atom stereocenters. The number of nitrogens with one attached hydrogen (secondary N) is 1. The standard InChI is InChI=1S/C19H17FN6OS/c1-12-3-6-26(19-22-5-7-28-19)11-14(12)16-9-24-17(10-23-16)25-18(27)13-2-4-21-8-15(13)20/h2,4-5,7-10H,3,6,11H2,1H3,(H,24,25,27). The third kappa shape index (κ3) is 3.74. The average molecular weight is 396 g/mol. The Bertz CT molecular complexity index is 1020. The highest BCUT2D eigenvalue weighted by molar-refractivity contribution is 7.13. The number of carbonyl (C=O) groups excluding carboxylic acids is 1. The molecule has 4 rings (SSSR count). The molecule has 0 unspecified atom stereocenters. The lowest BCUT2D eigenvalue weighted by Crippen LogP contribution is -2.31. The molecule has 28 heavy (non-hydrogen) atoms. The van der Waals surface area contributed by atoms with E-state index in [9.17, 15) is 9.18 Å². The summed E-state index contributed by atoms with van der Waals surface area (Å²) in [6, 6.07) is 1.32. The second-order valence-corrected chi connectivity index (χ2v) is 7.21. The van der Waals surface area contributed by atoms with Crippen molar-refractivity contribution in [3.8, 4) is 0 Å². The highest BCUT2D eigenvalue weighted by Crippen LogP contribution is 2.29. The molecule has 0 aromatic carbocycles. The maximum atomic E-state index is 13.7. The van der Waals surface area contributed by atoms with E-state index in [1.165, 1.54) is 24.0 Å². The zero-order chi connectivity index (χ0) is 19.5. The van der Waals surface area contributed by atoms with Gasteiger partial charge < -0.3 is 10.2 Å². The Morgan fingerprint density at radius 3 is 2.82 bits per heavy atom. The third-order valence-electron chi connectivity index (χ3n) is 4.53. The predicted molar refractivity (Wildman–Crippen MR) is 106 cm³/mol. The van der Waals surface area contributed by atoms with Crippen LogP contribution in [0.2, 0.25) is 0 Å². The summed E-state index contributed by atoms with van der Waals surface area (Å²) < 4.78 is 13.7. The number of nitrogens with zero attached hydrogens (tertiary/aromatic N) is 5. The van der Waals surface area contributed by atoms with E-state index in [0.717, 1.165) is 35.6 Å². The fourth-order valence-electron chi connectivity index (χ4n) is 2.98. The molecule has 1 aliphatic heterocycles. The number of amides is 1. The Kier molecular flexibility index (Phi) is 5.07. The van der Waals surface area contributed by atoms with Gasteiger partial charge in [0.05, 0.1) is 29.8 Å². The van der Waals surface area contributed by atoms with Crippen LogP contribution in [0.4, 0.5) is 15.3 Å². The first-order valence-corrected chi connectivity index (χ1v) is 9.56. The van der Waals surface area contributed by atoms with Gasteiger partial charge in [0, 0.05) is 30.9 Å². The molecule has 1 aliphatic rings. The van der Waals surface area contributed by atoms with Crippen LogP contribution in [-0.4, -0.2) is 38.9 Å². The zero-order valence-electron chi connectivity index (χ0n) is 15.1. The van der Waals surface area contributed by atoms with Gasteiger partial charge in [-0.3, -0.25) is 14.8 Å². The summed E-state index contributed by atoms with van der Waals surface area (Å²) in [7, 11) is 0. The first-order valence-electron chi connectivity index (χ1n) is 8.68. The van der Waals surface area contributed by atoms with E-state index in [1.54, 1.807) is 23.7 Å². The van der Waals surface area contributed by atoms with E-state index in [0.29, 0.717) is 6.54 Å². The van der Waals surface area contributed by atoms with Gasteiger partial charge in [-0.05, 0) is 25.0 Å². The first kappa shape index (κ1) is 18.2. The van der Waals surface area contributed by atoms with E-state index < -0.39 is 11.7 Å². The van der Waals surface area contributed by atoms with Gasteiger partial charge in [-0.25, -0.2) is 14.4 Å². The van der Waals surface area contributed by atoms with Gasteiger partial charge in [-0.15, -0.1) is 11.3 Å². The molecule has 0 saturated heterocycles. The summed E-state index contributed by atoms with van der Waals surface area (Å²) in [5.74, 6) is -1.02. The Balaban J connectivity index is 1.50. The number of hydrogen-bond donors (Lipinski definition) is 1. The normalized spacial score (nSPS) is 14.3. The smallest absolute Gasteiger partial charge is 0.259 e. The van der Waals surface area contributed by atoms with Crippen LogP contribution in [0, 0.1) is 5.82 Å². The van der Waals surface area contributed by atoms with Crippen LogP contribution in [0.5, 0.6) is 0 Å². The van der Waals surface area contributed by atoms with Crippen LogP contribution in [-0.2, 0) is 0 Å². The van der Waals surface area contributed by atoms with Crippen molar-refractivity contribution in [2.24, 2.45) is 0 Å². The van der Waals surface area contributed by atoms with Crippen molar-refractivity contribution in [2.45, 2.75) is 13.3 Å². The van der Waals surface area contributed by atoms with E-state index in [1.807, 2.05) is 5.38 Å². The first-order chi connectivity index (χ1) is 13.6. The maximum Gasteiger partial charge on any atom is 0.259 e. The molecule has 3 aromatic heterocycles. The fourth-order valence-corrected chi connectivity index (χ4v) is 3.65. The molecule has 0 spiro atoms. The summed E-state index contributed by atoms with van der Waals surface area (Å²) in [6.07, 6.45) is 8.19. The van der Waals surface area contributed by atoms with Gasteiger partial charge in [0.15, 0.2) is 16.8 Å². The molecule has 4 heterocycles. The summed E-state index contributed by atoms with van der Waals surface area (Å²) in [5, 5.41) is 5.51. The number of thiazole rings is 1. The number of hydrogen-bond acceptors (Lipinski definition) is 7.